The quantitative estimate of drug-likeness (QED) is 0.788. The maximum absolute atomic E-state index is 12.1. The van der Waals surface area contributed by atoms with Crippen molar-refractivity contribution >= 4 is 29.1 Å². The summed E-state index contributed by atoms with van der Waals surface area (Å²) in [5.41, 5.74) is 1.71. The zero-order valence-electron chi connectivity index (χ0n) is 13.7. The van der Waals surface area contributed by atoms with Crippen LogP contribution in [0.1, 0.15) is 31.4 Å². The molecule has 0 saturated heterocycles. The molecule has 0 saturated carbocycles. The van der Waals surface area contributed by atoms with Gasteiger partial charge in [-0.25, -0.2) is 4.98 Å². The summed E-state index contributed by atoms with van der Waals surface area (Å²) >= 11 is 12.1. The van der Waals surface area contributed by atoms with Gasteiger partial charge >= 0.3 is 0 Å². The van der Waals surface area contributed by atoms with Gasteiger partial charge in [-0.2, -0.15) is 0 Å². The van der Waals surface area contributed by atoms with Crippen LogP contribution in [0.15, 0.2) is 36.5 Å². The topological polar surface area (TPSA) is 51.2 Å². The van der Waals surface area contributed by atoms with Crippen molar-refractivity contribution in [3.8, 4) is 5.88 Å². The average Bonchev–Trinajstić information content (AvgIpc) is 2.55. The second kappa shape index (κ2) is 8.90. The van der Waals surface area contributed by atoms with Gasteiger partial charge in [0.2, 0.25) is 11.8 Å². The molecule has 24 heavy (non-hydrogen) atoms. The van der Waals surface area contributed by atoms with Gasteiger partial charge in [-0.1, -0.05) is 41.4 Å². The molecule has 0 unspecified atom stereocenters. The smallest absolute Gasteiger partial charge is 0.220 e. The fourth-order valence-corrected chi connectivity index (χ4v) is 2.57. The van der Waals surface area contributed by atoms with Crippen molar-refractivity contribution in [3.63, 3.8) is 0 Å². The number of benzene rings is 1. The predicted octanol–water partition coefficient (Wildman–Crippen LogP) is 4.42. The molecule has 4 nitrogen and oxygen atoms in total. The van der Waals surface area contributed by atoms with Crippen LogP contribution >= 0.6 is 23.2 Å². The minimum absolute atomic E-state index is 0.0272. The van der Waals surface area contributed by atoms with Gasteiger partial charge in [0, 0.05) is 24.7 Å². The summed E-state index contributed by atoms with van der Waals surface area (Å²) in [6, 6.07) is 9.13. The van der Waals surface area contributed by atoms with Gasteiger partial charge < -0.3 is 10.1 Å². The second-order valence-corrected chi connectivity index (χ2v) is 6.41. The minimum atomic E-state index is -0.0645. The summed E-state index contributed by atoms with van der Waals surface area (Å²) in [6.07, 6.45) is 2.57. The average molecular weight is 367 g/mol. The van der Waals surface area contributed by atoms with Crippen molar-refractivity contribution in [2.24, 2.45) is 0 Å². The second-order valence-electron chi connectivity index (χ2n) is 5.62. The molecule has 2 rings (SSSR count). The molecule has 0 aliphatic rings. The van der Waals surface area contributed by atoms with Gasteiger partial charge in [0.15, 0.2) is 0 Å². The lowest BCUT2D eigenvalue weighted by Gasteiger charge is -2.13. The highest BCUT2D eigenvalue weighted by molar-refractivity contribution is 6.42. The van der Waals surface area contributed by atoms with Crippen molar-refractivity contribution in [3.05, 3.63) is 57.7 Å². The van der Waals surface area contributed by atoms with E-state index < -0.39 is 0 Å². The van der Waals surface area contributed by atoms with E-state index >= 15 is 0 Å². The number of ether oxygens (including phenoxy) is 1. The fourth-order valence-electron chi connectivity index (χ4n) is 2.16. The monoisotopic (exact) mass is 366 g/mol. The number of aryl methyl sites for hydroxylation is 1. The van der Waals surface area contributed by atoms with Crippen molar-refractivity contribution in [2.75, 3.05) is 0 Å². The molecule has 2 aromatic rings. The summed E-state index contributed by atoms with van der Waals surface area (Å²) in [6.45, 7) is 4.25. The number of rotatable bonds is 7. The summed E-state index contributed by atoms with van der Waals surface area (Å²) in [7, 11) is 0. The first-order valence-electron chi connectivity index (χ1n) is 7.77. The molecule has 1 N–H and O–H groups in total. The molecular formula is C18H20Cl2N2O2. The molecule has 1 heterocycles. The molecule has 0 aliphatic heterocycles. The van der Waals surface area contributed by atoms with E-state index in [9.17, 15) is 4.79 Å². The highest BCUT2D eigenvalue weighted by atomic mass is 35.5. The van der Waals surface area contributed by atoms with Crippen molar-refractivity contribution in [1.29, 1.82) is 0 Å². The third kappa shape index (κ3) is 5.39. The summed E-state index contributed by atoms with van der Waals surface area (Å²) < 4.78 is 5.64. The van der Waals surface area contributed by atoms with E-state index in [1.54, 1.807) is 12.3 Å². The largest absolute Gasteiger partial charge is 0.475 e. The number of carbonyl (C=O) groups excluding carboxylic acids is 1. The van der Waals surface area contributed by atoms with Crippen LogP contribution in [0.3, 0.4) is 0 Å². The third-order valence-electron chi connectivity index (χ3n) is 3.33. The number of hydrogen-bond donors (Lipinski definition) is 1. The molecule has 1 aromatic carbocycles. The van der Waals surface area contributed by atoms with Gasteiger partial charge in [-0.15, -0.1) is 0 Å². The Bertz CT molecular complexity index is 705. The standard InChI is InChI=1S/C18H20Cl2N2O2/c1-12(2)24-18-14(6-4-10-21-18)11-22-16(23)9-8-13-5-3-7-15(19)17(13)20/h3-7,10,12H,8-9,11H2,1-2H3,(H,22,23). The Morgan fingerprint density at radius 2 is 1.96 bits per heavy atom. The lowest BCUT2D eigenvalue weighted by atomic mass is 10.1. The van der Waals surface area contributed by atoms with Crippen molar-refractivity contribution in [2.45, 2.75) is 39.3 Å². The van der Waals surface area contributed by atoms with E-state index in [4.69, 9.17) is 27.9 Å². The maximum atomic E-state index is 12.1. The molecule has 128 valence electrons. The number of pyridine rings is 1. The number of nitrogens with zero attached hydrogens (tertiary/aromatic N) is 1. The van der Waals surface area contributed by atoms with E-state index in [0.29, 0.717) is 35.3 Å². The van der Waals surface area contributed by atoms with Crippen LogP contribution < -0.4 is 10.1 Å². The van der Waals surface area contributed by atoms with Crippen LogP contribution in [0.4, 0.5) is 0 Å². The molecule has 0 bridgehead atoms. The first-order valence-corrected chi connectivity index (χ1v) is 8.53. The number of carbonyl (C=O) groups is 1. The number of aromatic nitrogens is 1. The van der Waals surface area contributed by atoms with Crippen molar-refractivity contribution < 1.29 is 9.53 Å². The molecule has 0 atom stereocenters. The molecule has 0 fully saturated rings. The lowest BCUT2D eigenvalue weighted by Crippen LogP contribution is -2.24. The predicted molar refractivity (Wildman–Crippen MR) is 96.6 cm³/mol. The van der Waals surface area contributed by atoms with E-state index in [1.165, 1.54) is 0 Å². The summed E-state index contributed by atoms with van der Waals surface area (Å²) in [5, 5.41) is 3.89. The summed E-state index contributed by atoms with van der Waals surface area (Å²) in [5.74, 6) is 0.482. The van der Waals surface area contributed by atoms with Crippen LogP contribution in [-0.2, 0) is 17.8 Å². The van der Waals surface area contributed by atoms with Gasteiger partial charge in [0.25, 0.3) is 0 Å². The molecular weight excluding hydrogens is 347 g/mol. The van der Waals surface area contributed by atoms with Crippen LogP contribution in [0.25, 0.3) is 0 Å². The number of nitrogens with one attached hydrogen (secondary N) is 1. The highest BCUT2D eigenvalue weighted by Crippen LogP contribution is 2.26. The molecule has 1 aromatic heterocycles. The Morgan fingerprint density at radius 3 is 2.71 bits per heavy atom. The minimum Gasteiger partial charge on any atom is -0.475 e. The summed E-state index contributed by atoms with van der Waals surface area (Å²) in [4.78, 5) is 16.3. The number of halogens is 2. The lowest BCUT2D eigenvalue weighted by molar-refractivity contribution is -0.121. The highest BCUT2D eigenvalue weighted by Gasteiger charge is 2.10. The van der Waals surface area contributed by atoms with Crippen LogP contribution in [-0.4, -0.2) is 17.0 Å². The molecule has 1 amide bonds. The molecule has 0 aliphatic carbocycles. The molecule has 0 radical (unpaired) electrons. The Labute approximate surface area is 152 Å². The zero-order chi connectivity index (χ0) is 17.5. The zero-order valence-corrected chi connectivity index (χ0v) is 15.2. The number of amides is 1. The Hall–Kier alpha value is -1.78. The van der Waals surface area contributed by atoms with E-state index in [2.05, 4.69) is 10.3 Å². The normalized spacial score (nSPS) is 10.7. The Balaban J connectivity index is 1.89. The van der Waals surface area contributed by atoms with E-state index in [0.717, 1.165) is 11.1 Å². The van der Waals surface area contributed by atoms with E-state index in [-0.39, 0.29) is 12.0 Å². The molecule has 6 heteroatoms. The Morgan fingerprint density at radius 1 is 1.21 bits per heavy atom. The van der Waals surface area contributed by atoms with Crippen LogP contribution in [0, 0.1) is 0 Å². The number of hydrogen-bond acceptors (Lipinski definition) is 3. The maximum Gasteiger partial charge on any atom is 0.220 e. The van der Waals surface area contributed by atoms with Crippen LogP contribution in [0.5, 0.6) is 5.88 Å². The first-order chi connectivity index (χ1) is 11.5. The Kier molecular flexibility index (Phi) is 6.88. The fraction of sp³-hybridized carbons (Fsp3) is 0.333. The first kappa shape index (κ1) is 18.6. The van der Waals surface area contributed by atoms with Crippen LogP contribution in [0.2, 0.25) is 10.0 Å². The van der Waals surface area contributed by atoms with Crippen molar-refractivity contribution in [1.82, 2.24) is 10.3 Å². The van der Waals surface area contributed by atoms with Gasteiger partial charge in [-0.05, 0) is 38.0 Å². The van der Waals surface area contributed by atoms with Gasteiger partial charge in [0.05, 0.1) is 16.1 Å². The third-order valence-corrected chi connectivity index (χ3v) is 4.18. The van der Waals surface area contributed by atoms with E-state index in [1.807, 2.05) is 38.1 Å². The van der Waals surface area contributed by atoms with Gasteiger partial charge in [-0.3, -0.25) is 4.79 Å². The molecule has 0 spiro atoms. The van der Waals surface area contributed by atoms with Gasteiger partial charge in [0.1, 0.15) is 0 Å². The SMILES string of the molecule is CC(C)Oc1ncccc1CNC(=O)CCc1cccc(Cl)c1Cl.